The van der Waals surface area contributed by atoms with Gasteiger partial charge >= 0.3 is 6.03 Å². The molecule has 0 radical (unpaired) electrons. The monoisotopic (exact) mass is 318 g/mol. The van der Waals surface area contributed by atoms with Gasteiger partial charge < -0.3 is 10.2 Å². The number of hydrogen-bond donors (Lipinski definition) is 2. The molecule has 1 saturated heterocycles. The minimum Gasteiger partial charge on any atom is -0.338 e. The summed E-state index contributed by atoms with van der Waals surface area (Å²) in [5.74, 6) is 0. The second kappa shape index (κ2) is 6.96. The molecule has 6 heteroatoms. The van der Waals surface area contributed by atoms with Gasteiger partial charge in [-0.1, -0.05) is 0 Å². The van der Waals surface area contributed by atoms with E-state index in [1.165, 1.54) is 11.1 Å². The molecule has 118 valence electrons. The summed E-state index contributed by atoms with van der Waals surface area (Å²) in [5.41, 5.74) is 3.61. The fourth-order valence-electron chi connectivity index (χ4n) is 3.02. The van der Waals surface area contributed by atoms with Crippen LogP contribution in [0.15, 0.2) is 23.0 Å². The number of carbonyl (C=O) groups excluding carboxylic acids is 1. The van der Waals surface area contributed by atoms with Crippen molar-refractivity contribution >= 4 is 17.4 Å². The van der Waals surface area contributed by atoms with Gasteiger partial charge in [0.1, 0.15) is 0 Å². The number of H-pyrrole nitrogens is 1. The zero-order chi connectivity index (χ0) is 15.4. The maximum absolute atomic E-state index is 12.4. The molecule has 0 spiro atoms. The van der Waals surface area contributed by atoms with Gasteiger partial charge in [0.05, 0.1) is 12.2 Å². The molecule has 5 nitrogen and oxygen atoms in total. The maximum Gasteiger partial charge on any atom is 0.317 e. The molecule has 0 aliphatic carbocycles. The highest BCUT2D eigenvalue weighted by molar-refractivity contribution is 7.07. The summed E-state index contributed by atoms with van der Waals surface area (Å²) in [6.45, 7) is 3.58. The van der Waals surface area contributed by atoms with Gasteiger partial charge in [-0.3, -0.25) is 5.10 Å². The quantitative estimate of drug-likeness (QED) is 0.831. The number of thiophene rings is 1. The average Bonchev–Trinajstić information content (AvgIpc) is 3.24. The van der Waals surface area contributed by atoms with E-state index in [2.05, 4.69) is 32.3 Å². The lowest BCUT2D eigenvalue weighted by atomic mass is 10.1. The molecule has 3 rings (SSSR count). The molecule has 0 unspecified atom stereocenters. The molecule has 1 fully saturated rings. The highest BCUT2D eigenvalue weighted by Gasteiger charge is 2.29. The topological polar surface area (TPSA) is 61.0 Å². The molecular formula is C16H22N4OS. The summed E-state index contributed by atoms with van der Waals surface area (Å²) >= 11 is 1.69. The summed E-state index contributed by atoms with van der Waals surface area (Å²) in [4.78, 5) is 14.4. The molecule has 0 saturated carbocycles. The summed E-state index contributed by atoms with van der Waals surface area (Å²) in [5, 5.41) is 14.2. The maximum atomic E-state index is 12.4. The standard InChI is InChI=1S/C16H22N4OS/c1-12-13(10-18-19-12)4-2-7-17-16(21)20-8-3-5-15(20)14-6-9-22-11-14/h6,9-11,15H,2-5,7-8H2,1H3,(H,17,21)(H,18,19)/t15-/m0/s1. The van der Waals surface area contributed by atoms with Crippen LogP contribution in [0, 0.1) is 6.92 Å². The number of rotatable bonds is 5. The lowest BCUT2D eigenvalue weighted by Crippen LogP contribution is -2.39. The van der Waals surface area contributed by atoms with E-state index in [1.807, 2.05) is 18.0 Å². The molecule has 1 atom stereocenters. The van der Waals surface area contributed by atoms with Crippen LogP contribution in [0.3, 0.4) is 0 Å². The number of aromatic amines is 1. The largest absolute Gasteiger partial charge is 0.338 e. The van der Waals surface area contributed by atoms with Gasteiger partial charge in [0.25, 0.3) is 0 Å². The normalized spacial score (nSPS) is 17.9. The van der Waals surface area contributed by atoms with Crippen LogP contribution < -0.4 is 5.32 Å². The van der Waals surface area contributed by atoms with Crippen LogP contribution in [-0.4, -0.2) is 34.2 Å². The smallest absolute Gasteiger partial charge is 0.317 e. The van der Waals surface area contributed by atoms with Crippen LogP contribution in [0.5, 0.6) is 0 Å². The van der Waals surface area contributed by atoms with Gasteiger partial charge in [0, 0.05) is 18.8 Å². The zero-order valence-corrected chi connectivity index (χ0v) is 13.7. The number of nitrogens with one attached hydrogen (secondary N) is 2. The molecule has 22 heavy (non-hydrogen) atoms. The highest BCUT2D eigenvalue weighted by atomic mass is 32.1. The Balaban J connectivity index is 1.46. The van der Waals surface area contributed by atoms with E-state index < -0.39 is 0 Å². The first kappa shape index (κ1) is 15.1. The molecule has 0 aromatic carbocycles. The van der Waals surface area contributed by atoms with Gasteiger partial charge in [-0.25, -0.2) is 4.79 Å². The lowest BCUT2D eigenvalue weighted by Gasteiger charge is -2.24. The first-order chi connectivity index (χ1) is 10.8. The van der Waals surface area contributed by atoms with Crippen molar-refractivity contribution < 1.29 is 4.79 Å². The summed E-state index contributed by atoms with van der Waals surface area (Å²) in [7, 11) is 0. The van der Waals surface area contributed by atoms with Crippen LogP contribution in [0.25, 0.3) is 0 Å². The SMILES string of the molecule is Cc1[nH]ncc1CCCNC(=O)N1CCC[C@H]1c1ccsc1. The molecule has 2 amide bonds. The van der Waals surface area contributed by atoms with E-state index in [0.717, 1.165) is 37.9 Å². The van der Waals surface area contributed by atoms with Crippen molar-refractivity contribution in [1.29, 1.82) is 0 Å². The van der Waals surface area contributed by atoms with Crippen LogP contribution in [0.1, 0.15) is 42.1 Å². The van der Waals surface area contributed by atoms with Crippen molar-refractivity contribution in [2.45, 2.75) is 38.6 Å². The third kappa shape index (κ3) is 3.32. The fourth-order valence-corrected chi connectivity index (χ4v) is 3.73. The van der Waals surface area contributed by atoms with Gasteiger partial charge in [-0.05, 0) is 60.6 Å². The minimum atomic E-state index is 0.0672. The van der Waals surface area contributed by atoms with Crippen molar-refractivity contribution in [3.05, 3.63) is 39.8 Å². The van der Waals surface area contributed by atoms with Crippen LogP contribution in [0.2, 0.25) is 0 Å². The lowest BCUT2D eigenvalue weighted by molar-refractivity contribution is 0.193. The molecule has 0 bridgehead atoms. The molecule has 2 aromatic rings. The first-order valence-corrected chi connectivity index (χ1v) is 8.75. The molecule has 1 aliphatic rings. The number of urea groups is 1. The third-order valence-corrected chi connectivity index (χ3v) is 4.98. The number of nitrogens with zero attached hydrogens (tertiary/aromatic N) is 2. The van der Waals surface area contributed by atoms with E-state index in [9.17, 15) is 4.79 Å². The number of carbonyl (C=O) groups is 1. The molecule has 3 heterocycles. The first-order valence-electron chi connectivity index (χ1n) is 7.81. The number of aryl methyl sites for hydroxylation is 2. The van der Waals surface area contributed by atoms with Gasteiger partial charge in [0.15, 0.2) is 0 Å². The Kier molecular flexibility index (Phi) is 4.77. The Morgan fingerprint density at radius 3 is 3.23 bits per heavy atom. The zero-order valence-electron chi connectivity index (χ0n) is 12.8. The number of amides is 2. The molecule has 2 N–H and O–H groups in total. The highest BCUT2D eigenvalue weighted by Crippen LogP contribution is 2.32. The summed E-state index contributed by atoms with van der Waals surface area (Å²) in [6.07, 6.45) is 5.89. The van der Waals surface area contributed by atoms with Crippen molar-refractivity contribution in [2.24, 2.45) is 0 Å². The fraction of sp³-hybridized carbons (Fsp3) is 0.500. The minimum absolute atomic E-state index is 0.0672. The Morgan fingerprint density at radius 1 is 1.59 bits per heavy atom. The van der Waals surface area contributed by atoms with Crippen molar-refractivity contribution in [3.63, 3.8) is 0 Å². The summed E-state index contributed by atoms with van der Waals surface area (Å²) < 4.78 is 0. The molecular weight excluding hydrogens is 296 g/mol. The number of aromatic nitrogens is 2. The van der Waals surface area contributed by atoms with Crippen molar-refractivity contribution in [3.8, 4) is 0 Å². The van der Waals surface area contributed by atoms with E-state index in [-0.39, 0.29) is 12.1 Å². The van der Waals surface area contributed by atoms with Gasteiger partial charge in [-0.2, -0.15) is 16.4 Å². The number of likely N-dealkylation sites (tertiary alicyclic amines) is 1. The average molecular weight is 318 g/mol. The van der Waals surface area contributed by atoms with Gasteiger partial charge in [0.2, 0.25) is 0 Å². The molecule has 1 aliphatic heterocycles. The van der Waals surface area contributed by atoms with Crippen molar-refractivity contribution in [1.82, 2.24) is 20.4 Å². The Bertz CT molecular complexity index is 607. The van der Waals surface area contributed by atoms with E-state index in [4.69, 9.17) is 0 Å². The van der Waals surface area contributed by atoms with Crippen LogP contribution in [0.4, 0.5) is 4.79 Å². The van der Waals surface area contributed by atoms with Crippen molar-refractivity contribution in [2.75, 3.05) is 13.1 Å². The van der Waals surface area contributed by atoms with E-state index in [0.29, 0.717) is 6.54 Å². The predicted molar refractivity (Wildman–Crippen MR) is 88.0 cm³/mol. The Morgan fingerprint density at radius 2 is 2.50 bits per heavy atom. The van der Waals surface area contributed by atoms with Crippen LogP contribution in [-0.2, 0) is 6.42 Å². The second-order valence-corrected chi connectivity index (χ2v) is 6.54. The third-order valence-electron chi connectivity index (χ3n) is 4.28. The Labute approximate surface area is 134 Å². The van der Waals surface area contributed by atoms with Crippen LogP contribution >= 0.6 is 11.3 Å². The summed E-state index contributed by atoms with van der Waals surface area (Å²) in [6, 6.07) is 2.45. The second-order valence-electron chi connectivity index (χ2n) is 5.76. The van der Waals surface area contributed by atoms with E-state index in [1.54, 1.807) is 11.3 Å². The number of hydrogen-bond acceptors (Lipinski definition) is 3. The predicted octanol–water partition coefficient (Wildman–Crippen LogP) is 3.26. The van der Waals surface area contributed by atoms with Gasteiger partial charge in [-0.15, -0.1) is 0 Å². The Hall–Kier alpha value is -1.82. The van der Waals surface area contributed by atoms with E-state index >= 15 is 0 Å². The molecule has 2 aromatic heterocycles.